The topological polar surface area (TPSA) is 55.2 Å². The van der Waals surface area contributed by atoms with Crippen molar-refractivity contribution in [1.29, 1.82) is 0 Å². The number of nitrogens with zero attached hydrogens (tertiary/aromatic N) is 1. The number of dihydropyridines is 1. The summed E-state index contributed by atoms with van der Waals surface area (Å²) in [5.74, 6) is 0. The van der Waals surface area contributed by atoms with Crippen molar-refractivity contribution in [3.8, 4) is 0 Å². The normalized spacial score (nSPS) is 16.9. The minimum atomic E-state index is -4.64. The minimum absolute atomic E-state index is 0.400. The SMILES string of the molecule is C=C1NC=C([N+](=O)[O-])C=C1C(F)(F)F. The highest BCUT2D eigenvalue weighted by molar-refractivity contribution is 5.40. The predicted molar refractivity (Wildman–Crippen MR) is 41.5 cm³/mol. The molecule has 0 aromatic carbocycles. The summed E-state index contributed by atoms with van der Waals surface area (Å²) < 4.78 is 36.6. The van der Waals surface area contributed by atoms with Crippen molar-refractivity contribution in [2.75, 3.05) is 0 Å². The third-order valence-electron chi connectivity index (χ3n) is 1.53. The highest BCUT2D eigenvalue weighted by Gasteiger charge is 2.38. The summed E-state index contributed by atoms with van der Waals surface area (Å²) >= 11 is 0. The first-order valence-electron chi connectivity index (χ1n) is 3.41. The van der Waals surface area contributed by atoms with E-state index in [1.54, 1.807) is 0 Å². The number of allylic oxidation sites excluding steroid dienone is 2. The Morgan fingerprint density at radius 2 is 2.07 bits per heavy atom. The van der Waals surface area contributed by atoms with Crippen molar-refractivity contribution in [2.24, 2.45) is 0 Å². The highest BCUT2D eigenvalue weighted by Crippen LogP contribution is 2.32. The molecule has 0 radical (unpaired) electrons. The van der Waals surface area contributed by atoms with Crippen LogP contribution in [0.3, 0.4) is 0 Å². The van der Waals surface area contributed by atoms with Crippen LogP contribution < -0.4 is 5.32 Å². The van der Waals surface area contributed by atoms with Crippen molar-refractivity contribution < 1.29 is 18.1 Å². The van der Waals surface area contributed by atoms with Gasteiger partial charge >= 0.3 is 6.18 Å². The van der Waals surface area contributed by atoms with Gasteiger partial charge in [-0.1, -0.05) is 6.58 Å². The molecule has 7 heteroatoms. The maximum atomic E-state index is 12.2. The van der Waals surface area contributed by atoms with E-state index in [9.17, 15) is 23.3 Å². The van der Waals surface area contributed by atoms with Crippen molar-refractivity contribution >= 4 is 0 Å². The Labute approximate surface area is 76.6 Å². The van der Waals surface area contributed by atoms with Crippen molar-refractivity contribution in [1.82, 2.24) is 5.32 Å². The quantitative estimate of drug-likeness (QED) is 0.524. The zero-order valence-electron chi connectivity index (χ0n) is 6.76. The molecular formula is C7H5F3N2O2. The molecule has 1 heterocycles. The van der Waals surface area contributed by atoms with Gasteiger partial charge in [0.15, 0.2) is 0 Å². The van der Waals surface area contributed by atoms with Crippen LogP contribution in [0.5, 0.6) is 0 Å². The lowest BCUT2D eigenvalue weighted by Gasteiger charge is -2.16. The Balaban J connectivity index is 3.09. The maximum Gasteiger partial charge on any atom is 0.418 e. The van der Waals surface area contributed by atoms with Crippen LogP contribution in [0.25, 0.3) is 0 Å². The summed E-state index contributed by atoms with van der Waals surface area (Å²) in [7, 11) is 0. The van der Waals surface area contributed by atoms with Gasteiger partial charge in [-0.15, -0.1) is 0 Å². The van der Waals surface area contributed by atoms with E-state index in [4.69, 9.17) is 0 Å². The van der Waals surface area contributed by atoms with Crippen molar-refractivity contribution in [3.63, 3.8) is 0 Å². The molecule has 1 rings (SSSR count). The van der Waals surface area contributed by atoms with Gasteiger partial charge in [0.25, 0.3) is 5.70 Å². The van der Waals surface area contributed by atoms with Crippen LogP contribution in [0.4, 0.5) is 13.2 Å². The molecule has 14 heavy (non-hydrogen) atoms. The molecule has 0 saturated heterocycles. The van der Waals surface area contributed by atoms with Crippen LogP contribution in [-0.4, -0.2) is 11.1 Å². The van der Waals surface area contributed by atoms with Crippen molar-refractivity contribution in [3.05, 3.63) is 45.9 Å². The van der Waals surface area contributed by atoms with Gasteiger partial charge in [0.1, 0.15) is 0 Å². The molecule has 4 nitrogen and oxygen atoms in total. The number of halogens is 3. The highest BCUT2D eigenvalue weighted by atomic mass is 19.4. The lowest BCUT2D eigenvalue weighted by Crippen LogP contribution is -2.24. The van der Waals surface area contributed by atoms with Gasteiger partial charge in [-0.25, -0.2) is 0 Å². The first-order chi connectivity index (χ1) is 6.32. The van der Waals surface area contributed by atoms with Gasteiger partial charge in [0.2, 0.25) is 0 Å². The number of nitro groups is 1. The van der Waals surface area contributed by atoms with E-state index in [0.29, 0.717) is 6.08 Å². The van der Waals surface area contributed by atoms with E-state index in [0.717, 1.165) is 6.20 Å². The Morgan fingerprint density at radius 1 is 1.50 bits per heavy atom. The summed E-state index contributed by atoms with van der Waals surface area (Å²) in [4.78, 5) is 9.28. The van der Waals surface area contributed by atoms with E-state index < -0.39 is 28.1 Å². The second-order valence-corrected chi connectivity index (χ2v) is 2.50. The minimum Gasteiger partial charge on any atom is -0.356 e. The van der Waals surface area contributed by atoms with E-state index in [1.165, 1.54) is 0 Å². The molecule has 0 spiro atoms. The molecular weight excluding hydrogens is 201 g/mol. The van der Waals surface area contributed by atoms with E-state index in [-0.39, 0.29) is 0 Å². The zero-order valence-corrected chi connectivity index (χ0v) is 6.76. The molecule has 0 unspecified atom stereocenters. The van der Waals surface area contributed by atoms with Gasteiger partial charge in [-0.05, 0) is 0 Å². The van der Waals surface area contributed by atoms with Gasteiger partial charge in [0.05, 0.1) is 16.7 Å². The molecule has 0 aliphatic carbocycles. The maximum absolute atomic E-state index is 12.2. The standard InChI is InChI=1S/C7H5F3N2O2/c1-4-6(7(8,9)10)2-5(3-11-4)12(13)14/h2-3,11H,1H2. The van der Waals surface area contributed by atoms with E-state index >= 15 is 0 Å². The van der Waals surface area contributed by atoms with Crippen LogP contribution in [0, 0.1) is 10.1 Å². The number of nitrogens with one attached hydrogen (secondary N) is 1. The summed E-state index contributed by atoms with van der Waals surface area (Å²) in [5, 5.41) is 12.3. The first-order valence-corrected chi connectivity index (χ1v) is 3.41. The van der Waals surface area contributed by atoms with Crippen LogP contribution in [-0.2, 0) is 0 Å². The molecule has 1 aliphatic rings. The van der Waals surface area contributed by atoms with Crippen LogP contribution in [0.2, 0.25) is 0 Å². The average molecular weight is 206 g/mol. The van der Waals surface area contributed by atoms with Crippen LogP contribution >= 0.6 is 0 Å². The lowest BCUT2D eigenvalue weighted by atomic mass is 10.1. The molecule has 0 aromatic rings. The fraction of sp³-hybridized carbons (Fsp3) is 0.143. The summed E-state index contributed by atoms with van der Waals surface area (Å²) in [6.07, 6.45) is -3.34. The van der Waals surface area contributed by atoms with E-state index in [2.05, 4.69) is 11.9 Å². The Bertz CT molecular complexity index is 354. The number of hydrogen-bond acceptors (Lipinski definition) is 3. The Morgan fingerprint density at radius 3 is 2.50 bits per heavy atom. The summed E-state index contributed by atoms with van der Waals surface area (Å²) in [6, 6.07) is 0. The fourth-order valence-electron chi connectivity index (χ4n) is 0.874. The van der Waals surface area contributed by atoms with Crippen LogP contribution in [0.15, 0.2) is 35.8 Å². The van der Waals surface area contributed by atoms with Gasteiger partial charge in [0, 0.05) is 11.8 Å². The molecule has 0 amide bonds. The number of hydrogen-bond donors (Lipinski definition) is 1. The van der Waals surface area contributed by atoms with Crippen molar-refractivity contribution in [2.45, 2.75) is 6.18 Å². The fourth-order valence-corrected chi connectivity index (χ4v) is 0.874. The van der Waals surface area contributed by atoms with E-state index in [1.807, 2.05) is 0 Å². The predicted octanol–water partition coefficient (Wildman–Crippen LogP) is 1.71. The lowest BCUT2D eigenvalue weighted by molar-refractivity contribution is -0.419. The summed E-state index contributed by atoms with van der Waals surface area (Å²) in [5.41, 5.74) is -2.18. The zero-order chi connectivity index (χ0) is 10.9. The first kappa shape index (κ1) is 10.3. The monoisotopic (exact) mass is 206 g/mol. The molecule has 0 atom stereocenters. The van der Waals surface area contributed by atoms with Gasteiger partial charge in [-0.2, -0.15) is 13.2 Å². The van der Waals surface area contributed by atoms with Gasteiger partial charge in [-0.3, -0.25) is 10.1 Å². The number of rotatable bonds is 1. The molecule has 0 aromatic heterocycles. The molecule has 0 saturated carbocycles. The third-order valence-corrected chi connectivity index (χ3v) is 1.53. The largest absolute Gasteiger partial charge is 0.418 e. The second kappa shape index (κ2) is 3.17. The second-order valence-electron chi connectivity index (χ2n) is 2.50. The molecule has 1 N–H and O–H groups in total. The third kappa shape index (κ3) is 1.93. The molecule has 1 aliphatic heterocycles. The smallest absolute Gasteiger partial charge is 0.356 e. The Hall–Kier alpha value is -1.79. The van der Waals surface area contributed by atoms with Gasteiger partial charge < -0.3 is 5.32 Å². The molecule has 0 fully saturated rings. The molecule has 0 bridgehead atoms. The molecule has 76 valence electrons. The Kier molecular flexibility index (Phi) is 2.33. The summed E-state index contributed by atoms with van der Waals surface area (Å²) in [6.45, 7) is 3.09. The average Bonchev–Trinajstić information content (AvgIpc) is 2.02. The number of alkyl halides is 3. The van der Waals surface area contributed by atoms with Crippen LogP contribution in [0.1, 0.15) is 0 Å².